The number of hydrogen-bond acceptors (Lipinski definition) is 2. The van der Waals surface area contributed by atoms with Crippen molar-refractivity contribution < 1.29 is 14.7 Å². The van der Waals surface area contributed by atoms with Crippen LogP contribution in [0.15, 0.2) is 18.2 Å². The van der Waals surface area contributed by atoms with Crippen LogP contribution in [0.4, 0.5) is 10.5 Å². The third-order valence-electron chi connectivity index (χ3n) is 3.81. The molecule has 0 aromatic heterocycles. The minimum Gasteiger partial charge on any atom is -0.478 e. The fourth-order valence-electron chi connectivity index (χ4n) is 2.72. The molecule has 1 fully saturated rings. The van der Waals surface area contributed by atoms with Crippen LogP contribution in [-0.2, 0) is 0 Å². The van der Waals surface area contributed by atoms with Crippen LogP contribution in [0.5, 0.6) is 0 Å². The summed E-state index contributed by atoms with van der Waals surface area (Å²) in [6.45, 7) is 2.82. The number of carboxylic acids is 1. The quantitative estimate of drug-likeness (QED) is 0.795. The molecule has 114 valence electrons. The number of urea groups is 1. The molecule has 2 rings (SSSR count). The first-order chi connectivity index (χ1) is 9.95. The average molecular weight is 311 g/mol. The molecule has 1 aliphatic carbocycles. The fraction of sp³-hybridized carbons (Fsp3) is 0.467. The maximum Gasteiger partial charge on any atom is 0.337 e. The predicted octanol–water partition coefficient (Wildman–Crippen LogP) is 3.60. The van der Waals surface area contributed by atoms with Gasteiger partial charge in [0.15, 0.2) is 0 Å². The molecule has 5 nitrogen and oxygen atoms in total. The van der Waals surface area contributed by atoms with Crippen LogP contribution in [0.3, 0.4) is 0 Å². The van der Waals surface area contributed by atoms with E-state index in [4.69, 9.17) is 16.7 Å². The Kier molecular flexibility index (Phi) is 5.07. The van der Waals surface area contributed by atoms with Crippen LogP contribution >= 0.6 is 11.6 Å². The van der Waals surface area contributed by atoms with Gasteiger partial charge in [0.05, 0.1) is 11.3 Å². The normalized spacial score (nSPS) is 21.0. The van der Waals surface area contributed by atoms with Crippen molar-refractivity contribution in [3.05, 3.63) is 28.8 Å². The van der Waals surface area contributed by atoms with Gasteiger partial charge in [-0.05, 0) is 42.9 Å². The Balaban J connectivity index is 1.93. The van der Waals surface area contributed by atoms with E-state index in [2.05, 4.69) is 17.6 Å². The van der Waals surface area contributed by atoms with E-state index in [0.717, 1.165) is 12.8 Å². The van der Waals surface area contributed by atoms with Gasteiger partial charge >= 0.3 is 12.0 Å². The van der Waals surface area contributed by atoms with Gasteiger partial charge in [-0.1, -0.05) is 24.9 Å². The maximum absolute atomic E-state index is 11.9. The predicted molar refractivity (Wildman–Crippen MR) is 81.9 cm³/mol. The van der Waals surface area contributed by atoms with Crippen molar-refractivity contribution in [1.82, 2.24) is 5.32 Å². The third-order valence-corrected chi connectivity index (χ3v) is 4.05. The molecule has 0 radical (unpaired) electrons. The van der Waals surface area contributed by atoms with E-state index in [9.17, 15) is 9.59 Å². The summed E-state index contributed by atoms with van der Waals surface area (Å²) in [5.41, 5.74) is 0.219. The van der Waals surface area contributed by atoms with Crippen LogP contribution in [0, 0.1) is 11.8 Å². The van der Waals surface area contributed by atoms with Crippen molar-refractivity contribution in [1.29, 1.82) is 0 Å². The Hall–Kier alpha value is -1.75. The second-order valence-electron chi connectivity index (χ2n) is 5.61. The third kappa shape index (κ3) is 4.36. The molecular formula is C15H19ClN2O3. The lowest BCUT2D eigenvalue weighted by molar-refractivity contribution is 0.0698. The average Bonchev–Trinajstić information content (AvgIpc) is 2.82. The number of carboxylic acid groups (broad SMARTS) is 1. The number of carbonyl (C=O) groups is 2. The first-order valence-corrected chi connectivity index (χ1v) is 7.41. The number of nitrogens with one attached hydrogen (secondary N) is 2. The van der Waals surface area contributed by atoms with E-state index in [1.54, 1.807) is 0 Å². The Morgan fingerprint density at radius 2 is 2.14 bits per heavy atom. The molecule has 1 saturated carbocycles. The fourth-order valence-corrected chi connectivity index (χ4v) is 2.89. The van der Waals surface area contributed by atoms with E-state index in [1.807, 2.05) is 0 Å². The first-order valence-electron chi connectivity index (χ1n) is 7.03. The lowest BCUT2D eigenvalue weighted by atomic mass is 10.1. The zero-order chi connectivity index (χ0) is 15.4. The second-order valence-corrected chi connectivity index (χ2v) is 6.05. The SMILES string of the molecule is CC1CCC(CNC(=O)Nc2cc(Cl)ccc2C(=O)O)C1. The number of halogens is 1. The molecule has 1 aliphatic rings. The molecule has 1 aromatic carbocycles. The van der Waals surface area contributed by atoms with E-state index < -0.39 is 12.0 Å². The van der Waals surface area contributed by atoms with Crippen LogP contribution in [-0.4, -0.2) is 23.7 Å². The highest BCUT2D eigenvalue weighted by molar-refractivity contribution is 6.31. The Morgan fingerprint density at radius 1 is 1.38 bits per heavy atom. The lowest BCUT2D eigenvalue weighted by Gasteiger charge is -2.13. The monoisotopic (exact) mass is 310 g/mol. The van der Waals surface area contributed by atoms with Gasteiger partial charge in [0.25, 0.3) is 0 Å². The van der Waals surface area contributed by atoms with Crippen molar-refractivity contribution >= 4 is 29.3 Å². The second kappa shape index (κ2) is 6.80. The highest BCUT2D eigenvalue weighted by atomic mass is 35.5. The summed E-state index contributed by atoms with van der Waals surface area (Å²) in [6.07, 6.45) is 3.45. The zero-order valence-corrected chi connectivity index (χ0v) is 12.6. The summed E-state index contributed by atoms with van der Waals surface area (Å²) in [6, 6.07) is 3.88. The van der Waals surface area contributed by atoms with E-state index in [1.165, 1.54) is 24.6 Å². The summed E-state index contributed by atoms with van der Waals surface area (Å²) >= 11 is 5.84. The molecule has 0 heterocycles. The minimum absolute atomic E-state index is 0.0176. The van der Waals surface area contributed by atoms with Gasteiger partial charge in [-0.2, -0.15) is 0 Å². The van der Waals surface area contributed by atoms with Crippen molar-refractivity contribution in [2.45, 2.75) is 26.2 Å². The molecule has 0 aliphatic heterocycles. The summed E-state index contributed by atoms with van der Waals surface area (Å²) < 4.78 is 0. The smallest absolute Gasteiger partial charge is 0.337 e. The van der Waals surface area contributed by atoms with Crippen molar-refractivity contribution in [3.8, 4) is 0 Å². The highest BCUT2D eigenvalue weighted by Crippen LogP contribution is 2.29. The standard InChI is InChI=1S/C15H19ClN2O3/c1-9-2-3-10(6-9)8-17-15(21)18-13-7-11(16)4-5-12(13)14(19)20/h4-5,7,9-10H,2-3,6,8H2,1H3,(H,19,20)(H2,17,18,21). The number of rotatable bonds is 4. The van der Waals surface area contributed by atoms with E-state index in [-0.39, 0.29) is 11.3 Å². The van der Waals surface area contributed by atoms with Gasteiger partial charge in [-0.15, -0.1) is 0 Å². The van der Waals surface area contributed by atoms with Crippen LogP contribution in [0.1, 0.15) is 36.5 Å². The largest absolute Gasteiger partial charge is 0.478 e. The first kappa shape index (κ1) is 15.6. The zero-order valence-electron chi connectivity index (χ0n) is 11.9. The maximum atomic E-state index is 11.9. The van der Waals surface area contributed by atoms with Crippen LogP contribution < -0.4 is 10.6 Å². The van der Waals surface area contributed by atoms with Gasteiger partial charge in [-0.25, -0.2) is 9.59 Å². The van der Waals surface area contributed by atoms with Crippen molar-refractivity contribution in [2.75, 3.05) is 11.9 Å². The molecule has 2 atom stereocenters. The summed E-state index contributed by atoms with van der Waals surface area (Å²) in [5, 5.41) is 14.8. The molecular weight excluding hydrogens is 292 g/mol. The molecule has 2 amide bonds. The van der Waals surface area contributed by atoms with Gasteiger partial charge in [-0.3, -0.25) is 0 Å². The molecule has 0 spiro atoms. The molecule has 0 bridgehead atoms. The number of anilines is 1. The van der Waals surface area contributed by atoms with Gasteiger partial charge in [0, 0.05) is 11.6 Å². The summed E-state index contributed by atoms with van der Waals surface area (Å²) in [7, 11) is 0. The Labute approximate surface area is 128 Å². The lowest BCUT2D eigenvalue weighted by Crippen LogP contribution is -2.33. The van der Waals surface area contributed by atoms with Crippen LogP contribution in [0.25, 0.3) is 0 Å². The van der Waals surface area contributed by atoms with Gasteiger partial charge in [0.2, 0.25) is 0 Å². The van der Waals surface area contributed by atoms with Crippen LogP contribution in [0.2, 0.25) is 5.02 Å². The van der Waals surface area contributed by atoms with Crippen molar-refractivity contribution in [2.24, 2.45) is 11.8 Å². The number of aromatic carboxylic acids is 1. The van der Waals surface area contributed by atoms with E-state index >= 15 is 0 Å². The molecule has 21 heavy (non-hydrogen) atoms. The van der Waals surface area contributed by atoms with Crippen molar-refractivity contribution in [3.63, 3.8) is 0 Å². The topological polar surface area (TPSA) is 78.4 Å². The minimum atomic E-state index is -1.11. The molecule has 3 N–H and O–H groups in total. The summed E-state index contributed by atoms with van der Waals surface area (Å²) in [5.74, 6) is 0.113. The number of benzene rings is 1. The molecule has 2 unspecified atom stereocenters. The number of carbonyl (C=O) groups excluding carboxylic acids is 1. The van der Waals surface area contributed by atoms with Gasteiger partial charge < -0.3 is 15.7 Å². The Bertz CT molecular complexity index is 548. The van der Waals surface area contributed by atoms with E-state index in [0.29, 0.717) is 23.4 Å². The number of hydrogen-bond donors (Lipinski definition) is 3. The number of amides is 2. The Morgan fingerprint density at radius 3 is 2.76 bits per heavy atom. The molecule has 0 saturated heterocycles. The summed E-state index contributed by atoms with van der Waals surface area (Å²) in [4.78, 5) is 23.0. The molecule has 6 heteroatoms. The van der Waals surface area contributed by atoms with Gasteiger partial charge in [0.1, 0.15) is 0 Å². The molecule has 1 aromatic rings. The highest BCUT2D eigenvalue weighted by Gasteiger charge is 2.21.